The molecule has 1 N–H and O–H groups in total. The number of aliphatic carboxylic acids is 1. The Labute approximate surface area is 110 Å². The molecule has 1 aliphatic carbocycles. The third kappa shape index (κ3) is 2.16. The van der Waals surface area contributed by atoms with Crippen LogP contribution in [-0.4, -0.2) is 59.6 Å². The first-order valence-electron chi connectivity index (χ1n) is 7.15. The minimum atomic E-state index is -0.612. The van der Waals surface area contributed by atoms with Gasteiger partial charge in [-0.3, -0.25) is 9.69 Å². The molecule has 1 saturated carbocycles. The van der Waals surface area contributed by atoms with Gasteiger partial charge in [0, 0.05) is 26.2 Å². The summed E-state index contributed by atoms with van der Waals surface area (Å²) in [4.78, 5) is 16.5. The van der Waals surface area contributed by atoms with E-state index in [1.807, 2.05) is 0 Å². The highest BCUT2D eigenvalue weighted by Crippen LogP contribution is 2.42. The Kier molecular flexibility index (Phi) is 3.97. The maximum absolute atomic E-state index is 12.0. The third-order valence-electron chi connectivity index (χ3n) is 5.26. The van der Waals surface area contributed by atoms with E-state index in [9.17, 15) is 9.90 Å². The summed E-state index contributed by atoms with van der Waals surface area (Å²) in [6.07, 6.45) is 3.03. The van der Waals surface area contributed by atoms with Gasteiger partial charge < -0.3 is 10.0 Å². The maximum Gasteiger partial charge on any atom is 0.324 e. The lowest BCUT2D eigenvalue weighted by atomic mass is 9.67. The summed E-state index contributed by atoms with van der Waals surface area (Å²) in [6.45, 7) is 8.08. The highest BCUT2D eigenvalue weighted by molar-refractivity contribution is 5.79. The zero-order valence-corrected chi connectivity index (χ0v) is 11.9. The van der Waals surface area contributed by atoms with Gasteiger partial charge in [0.05, 0.1) is 0 Å². The Morgan fingerprint density at radius 3 is 2.39 bits per heavy atom. The van der Waals surface area contributed by atoms with Gasteiger partial charge >= 0.3 is 5.97 Å². The van der Waals surface area contributed by atoms with Crippen LogP contribution in [0.5, 0.6) is 0 Å². The summed E-state index contributed by atoms with van der Waals surface area (Å²) in [5, 5.41) is 9.84. The molecule has 0 amide bonds. The maximum atomic E-state index is 12.0. The molecule has 2 fully saturated rings. The molecule has 2 aliphatic rings. The number of rotatable bonds is 2. The van der Waals surface area contributed by atoms with Crippen molar-refractivity contribution >= 4 is 5.97 Å². The van der Waals surface area contributed by atoms with E-state index in [-0.39, 0.29) is 5.92 Å². The van der Waals surface area contributed by atoms with Crippen molar-refractivity contribution in [2.75, 3.05) is 33.2 Å². The van der Waals surface area contributed by atoms with Crippen LogP contribution < -0.4 is 0 Å². The fraction of sp³-hybridized carbons (Fsp3) is 0.929. The molecule has 2 rings (SSSR count). The van der Waals surface area contributed by atoms with E-state index in [0.717, 1.165) is 39.0 Å². The lowest BCUT2D eigenvalue weighted by molar-refractivity contribution is -0.163. The second-order valence-corrected chi connectivity index (χ2v) is 6.18. The van der Waals surface area contributed by atoms with Crippen LogP contribution in [0.25, 0.3) is 0 Å². The van der Waals surface area contributed by atoms with E-state index in [1.165, 1.54) is 6.42 Å². The molecule has 4 heteroatoms. The lowest BCUT2D eigenvalue weighted by Crippen LogP contribution is -2.65. The number of piperazine rings is 1. The Morgan fingerprint density at radius 1 is 1.22 bits per heavy atom. The topological polar surface area (TPSA) is 43.8 Å². The van der Waals surface area contributed by atoms with Crippen molar-refractivity contribution in [2.24, 2.45) is 11.8 Å². The van der Waals surface area contributed by atoms with Crippen LogP contribution in [0.3, 0.4) is 0 Å². The number of likely N-dealkylation sites (N-methyl/N-ethyl adjacent to an activating group) is 1. The Hall–Kier alpha value is -0.610. The summed E-state index contributed by atoms with van der Waals surface area (Å²) in [7, 11) is 2.11. The van der Waals surface area contributed by atoms with Crippen molar-refractivity contribution in [2.45, 2.75) is 38.6 Å². The molecule has 0 spiro atoms. The summed E-state index contributed by atoms with van der Waals surface area (Å²) in [5.41, 5.74) is -0.612. The molecule has 0 radical (unpaired) electrons. The number of carboxylic acid groups (broad SMARTS) is 1. The van der Waals surface area contributed by atoms with Crippen LogP contribution in [0, 0.1) is 11.8 Å². The van der Waals surface area contributed by atoms with E-state index >= 15 is 0 Å². The number of nitrogens with zero attached hydrogens (tertiary/aromatic N) is 2. The summed E-state index contributed by atoms with van der Waals surface area (Å²) in [6, 6.07) is 0. The molecular weight excluding hydrogens is 228 g/mol. The molecule has 1 saturated heterocycles. The number of carboxylic acids is 1. The van der Waals surface area contributed by atoms with E-state index in [2.05, 4.69) is 30.7 Å². The second kappa shape index (κ2) is 5.17. The summed E-state index contributed by atoms with van der Waals surface area (Å²) >= 11 is 0. The summed E-state index contributed by atoms with van der Waals surface area (Å²) < 4.78 is 0. The van der Waals surface area contributed by atoms with Crippen molar-refractivity contribution in [3.63, 3.8) is 0 Å². The van der Waals surface area contributed by atoms with Gasteiger partial charge in [-0.15, -0.1) is 0 Å². The van der Waals surface area contributed by atoms with Crippen molar-refractivity contribution in [3.8, 4) is 0 Å². The average Bonchev–Trinajstić information content (AvgIpc) is 2.34. The Morgan fingerprint density at radius 2 is 1.83 bits per heavy atom. The molecule has 0 aromatic heterocycles. The molecule has 18 heavy (non-hydrogen) atoms. The third-order valence-corrected chi connectivity index (χ3v) is 5.26. The van der Waals surface area contributed by atoms with Crippen LogP contribution in [0.15, 0.2) is 0 Å². The first-order valence-corrected chi connectivity index (χ1v) is 7.15. The van der Waals surface area contributed by atoms with Gasteiger partial charge in [0.15, 0.2) is 0 Å². The fourth-order valence-corrected chi connectivity index (χ4v) is 3.73. The van der Waals surface area contributed by atoms with E-state index < -0.39 is 11.5 Å². The SMILES string of the molecule is CC1CCCC(C(=O)O)(N2CCN(C)CC2)C1C. The minimum absolute atomic E-state index is 0.243. The molecule has 104 valence electrons. The standard InChI is InChI=1S/C14H26N2O2/c1-11-5-4-6-14(12(11)2,13(17)18)16-9-7-15(3)8-10-16/h11-12H,4-10H2,1-3H3,(H,17,18). The summed E-state index contributed by atoms with van der Waals surface area (Å²) in [5.74, 6) is 0.146. The van der Waals surface area contributed by atoms with Crippen molar-refractivity contribution in [1.82, 2.24) is 9.80 Å². The van der Waals surface area contributed by atoms with Gasteiger partial charge in [0.25, 0.3) is 0 Å². The van der Waals surface area contributed by atoms with Gasteiger partial charge in [-0.05, 0) is 25.3 Å². The molecule has 0 bridgehead atoms. The Balaban J connectivity index is 2.23. The average molecular weight is 254 g/mol. The van der Waals surface area contributed by atoms with Gasteiger partial charge in [0.2, 0.25) is 0 Å². The van der Waals surface area contributed by atoms with Gasteiger partial charge in [0.1, 0.15) is 5.54 Å². The van der Waals surface area contributed by atoms with Crippen LogP contribution in [0.2, 0.25) is 0 Å². The molecule has 0 aromatic rings. The molecule has 4 nitrogen and oxygen atoms in total. The van der Waals surface area contributed by atoms with Gasteiger partial charge in [-0.25, -0.2) is 0 Å². The molecular formula is C14H26N2O2. The van der Waals surface area contributed by atoms with Crippen LogP contribution in [0.4, 0.5) is 0 Å². The van der Waals surface area contributed by atoms with Crippen LogP contribution in [0.1, 0.15) is 33.1 Å². The number of hydrogen-bond donors (Lipinski definition) is 1. The minimum Gasteiger partial charge on any atom is -0.480 e. The van der Waals surface area contributed by atoms with Crippen molar-refractivity contribution in [1.29, 1.82) is 0 Å². The first kappa shape index (κ1) is 13.8. The van der Waals surface area contributed by atoms with Gasteiger partial charge in [-0.2, -0.15) is 0 Å². The van der Waals surface area contributed by atoms with Crippen molar-refractivity contribution < 1.29 is 9.90 Å². The van der Waals surface area contributed by atoms with Crippen LogP contribution in [-0.2, 0) is 4.79 Å². The lowest BCUT2D eigenvalue weighted by Gasteiger charge is -2.51. The monoisotopic (exact) mass is 254 g/mol. The molecule has 1 aliphatic heterocycles. The van der Waals surface area contributed by atoms with E-state index in [4.69, 9.17) is 0 Å². The zero-order valence-electron chi connectivity index (χ0n) is 11.9. The van der Waals surface area contributed by atoms with Crippen LogP contribution >= 0.6 is 0 Å². The molecule has 0 aromatic carbocycles. The highest BCUT2D eigenvalue weighted by atomic mass is 16.4. The normalized spacial score (nSPS) is 39.7. The molecule has 3 unspecified atom stereocenters. The molecule has 1 heterocycles. The van der Waals surface area contributed by atoms with Gasteiger partial charge in [-0.1, -0.05) is 26.7 Å². The first-order chi connectivity index (χ1) is 8.48. The smallest absolute Gasteiger partial charge is 0.324 e. The highest BCUT2D eigenvalue weighted by Gasteiger charge is 2.52. The second-order valence-electron chi connectivity index (χ2n) is 6.18. The quantitative estimate of drug-likeness (QED) is 0.811. The fourth-order valence-electron chi connectivity index (χ4n) is 3.73. The van der Waals surface area contributed by atoms with E-state index in [0.29, 0.717) is 5.92 Å². The van der Waals surface area contributed by atoms with E-state index in [1.54, 1.807) is 0 Å². The predicted molar refractivity (Wildman–Crippen MR) is 71.6 cm³/mol. The molecule has 3 atom stereocenters. The largest absolute Gasteiger partial charge is 0.480 e. The number of carbonyl (C=O) groups is 1. The van der Waals surface area contributed by atoms with Crippen molar-refractivity contribution in [3.05, 3.63) is 0 Å². The predicted octanol–water partition coefficient (Wildman–Crippen LogP) is 1.51. The Bertz CT molecular complexity index is 313. The number of hydrogen-bond acceptors (Lipinski definition) is 3. The zero-order chi connectivity index (χ0) is 13.3.